The van der Waals surface area contributed by atoms with Crippen LogP contribution >= 0.6 is 11.6 Å². The van der Waals surface area contributed by atoms with Crippen LogP contribution in [0.5, 0.6) is 0 Å². The van der Waals surface area contributed by atoms with Gasteiger partial charge in [0, 0.05) is 30.5 Å². The molecule has 4 nitrogen and oxygen atoms in total. The summed E-state index contributed by atoms with van der Waals surface area (Å²) in [4.78, 5) is 28.9. The first kappa shape index (κ1) is 26.5. The second-order valence-corrected chi connectivity index (χ2v) is 9.53. The molecule has 0 aliphatic heterocycles. The van der Waals surface area contributed by atoms with Crippen LogP contribution in [0.1, 0.15) is 48.9 Å². The zero-order valence-electron chi connectivity index (χ0n) is 20.8. The lowest BCUT2D eigenvalue weighted by Gasteiger charge is -2.32. The molecule has 184 valence electrons. The average Bonchev–Trinajstić information content (AvgIpc) is 2.87. The zero-order chi connectivity index (χ0) is 25.2. The Morgan fingerprint density at radius 3 is 2.23 bits per heavy atom. The number of hydrogen-bond donors (Lipinski definition) is 1. The van der Waals surface area contributed by atoms with Crippen molar-refractivity contribution in [1.82, 2.24) is 10.2 Å². The van der Waals surface area contributed by atoms with Crippen molar-refractivity contribution < 1.29 is 9.59 Å². The number of carbonyl (C=O) groups excluding carboxylic acids is 2. The van der Waals surface area contributed by atoms with Gasteiger partial charge in [0.2, 0.25) is 11.8 Å². The van der Waals surface area contributed by atoms with Crippen molar-refractivity contribution in [2.45, 2.75) is 65.1 Å². The number of rotatable bonds is 11. The molecule has 0 unspecified atom stereocenters. The summed E-state index contributed by atoms with van der Waals surface area (Å²) >= 11 is 6.34. The van der Waals surface area contributed by atoms with Gasteiger partial charge in [0.15, 0.2) is 0 Å². The van der Waals surface area contributed by atoms with Crippen LogP contribution in [-0.4, -0.2) is 28.8 Å². The van der Waals surface area contributed by atoms with Crippen molar-refractivity contribution in [3.63, 3.8) is 0 Å². The largest absolute Gasteiger partial charge is 0.352 e. The molecular weight excluding hydrogens is 456 g/mol. The SMILES string of the molecule is CC[C@H](C)NC(=O)[C@@H](Cc1ccccc1)N(Cc1ccc(C)cc1)C(=O)CCc1ccccc1Cl. The van der Waals surface area contributed by atoms with Crippen LogP contribution in [0, 0.1) is 6.92 Å². The number of amides is 2. The van der Waals surface area contributed by atoms with E-state index in [1.807, 2.05) is 99.6 Å². The van der Waals surface area contributed by atoms with E-state index < -0.39 is 6.04 Å². The molecule has 0 heterocycles. The maximum absolute atomic E-state index is 13.7. The van der Waals surface area contributed by atoms with Crippen molar-refractivity contribution in [3.05, 3.63) is 106 Å². The number of halogens is 1. The predicted octanol–water partition coefficient (Wildman–Crippen LogP) is 6.14. The lowest BCUT2D eigenvalue weighted by atomic mass is 10.0. The highest BCUT2D eigenvalue weighted by Gasteiger charge is 2.30. The Morgan fingerprint density at radius 1 is 0.914 bits per heavy atom. The van der Waals surface area contributed by atoms with Gasteiger partial charge in [-0.2, -0.15) is 0 Å². The summed E-state index contributed by atoms with van der Waals surface area (Å²) in [6.07, 6.45) is 2.07. The molecule has 0 saturated carbocycles. The highest BCUT2D eigenvalue weighted by molar-refractivity contribution is 6.31. The number of benzene rings is 3. The van der Waals surface area contributed by atoms with E-state index in [-0.39, 0.29) is 24.3 Å². The summed E-state index contributed by atoms with van der Waals surface area (Å²) in [5.41, 5.74) is 4.10. The van der Waals surface area contributed by atoms with Crippen LogP contribution in [0.2, 0.25) is 5.02 Å². The molecule has 0 saturated heterocycles. The molecule has 0 aliphatic carbocycles. The van der Waals surface area contributed by atoms with Gasteiger partial charge >= 0.3 is 0 Å². The second-order valence-electron chi connectivity index (χ2n) is 9.12. The van der Waals surface area contributed by atoms with Gasteiger partial charge in [-0.1, -0.05) is 96.9 Å². The molecule has 3 aromatic rings. The van der Waals surface area contributed by atoms with Gasteiger partial charge in [0.05, 0.1) is 0 Å². The average molecular weight is 491 g/mol. The molecule has 0 radical (unpaired) electrons. The van der Waals surface area contributed by atoms with E-state index in [2.05, 4.69) is 5.32 Å². The van der Waals surface area contributed by atoms with Crippen LogP contribution < -0.4 is 5.32 Å². The third-order valence-electron chi connectivity index (χ3n) is 6.31. The summed E-state index contributed by atoms with van der Waals surface area (Å²) in [5.74, 6) is -0.188. The highest BCUT2D eigenvalue weighted by atomic mass is 35.5. The monoisotopic (exact) mass is 490 g/mol. The van der Waals surface area contributed by atoms with Gasteiger partial charge in [-0.25, -0.2) is 0 Å². The van der Waals surface area contributed by atoms with E-state index in [1.165, 1.54) is 0 Å². The Balaban J connectivity index is 1.91. The molecule has 2 amide bonds. The smallest absolute Gasteiger partial charge is 0.243 e. The number of aryl methyl sites for hydroxylation is 2. The third kappa shape index (κ3) is 7.97. The fourth-order valence-corrected chi connectivity index (χ4v) is 4.20. The van der Waals surface area contributed by atoms with Crippen molar-refractivity contribution in [2.75, 3.05) is 0 Å². The van der Waals surface area contributed by atoms with Crippen molar-refractivity contribution in [2.24, 2.45) is 0 Å². The quantitative estimate of drug-likeness (QED) is 0.351. The third-order valence-corrected chi connectivity index (χ3v) is 6.68. The van der Waals surface area contributed by atoms with Crippen LogP contribution in [0.3, 0.4) is 0 Å². The van der Waals surface area contributed by atoms with Crippen molar-refractivity contribution in [3.8, 4) is 0 Å². The molecule has 3 aromatic carbocycles. The summed E-state index contributed by atoms with van der Waals surface area (Å²) in [5, 5.41) is 3.76. The second kappa shape index (κ2) is 13.1. The molecule has 5 heteroatoms. The van der Waals surface area contributed by atoms with Gasteiger partial charge in [-0.3, -0.25) is 9.59 Å². The fourth-order valence-electron chi connectivity index (χ4n) is 3.97. The van der Waals surface area contributed by atoms with Gasteiger partial charge < -0.3 is 10.2 Å². The van der Waals surface area contributed by atoms with E-state index in [1.54, 1.807) is 4.90 Å². The Hall–Kier alpha value is -3.11. The fraction of sp³-hybridized carbons (Fsp3) is 0.333. The molecule has 1 N–H and O–H groups in total. The Kier molecular flexibility index (Phi) is 9.92. The van der Waals surface area contributed by atoms with Gasteiger partial charge in [-0.15, -0.1) is 0 Å². The normalized spacial score (nSPS) is 12.6. The van der Waals surface area contributed by atoms with E-state index in [4.69, 9.17) is 11.6 Å². The topological polar surface area (TPSA) is 49.4 Å². The standard InChI is InChI=1S/C30H35ClN2O2/c1-4-23(3)32-30(35)28(20-24-10-6-5-7-11-24)33(21-25-16-14-22(2)15-17-25)29(34)19-18-26-12-8-9-13-27(26)31/h5-17,23,28H,4,18-21H2,1-3H3,(H,32,35)/t23-,28+/m0/s1. The first-order chi connectivity index (χ1) is 16.9. The van der Waals surface area contributed by atoms with E-state index in [0.717, 1.165) is 28.7 Å². The lowest BCUT2D eigenvalue weighted by molar-refractivity contribution is -0.141. The maximum atomic E-state index is 13.7. The molecule has 0 spiro atoms. The molecule has 35 heavy (non-hydrogen) atoms. The Morgan fingerprint density at radius 2 is 1.57 bits per heavy atom. The van der Waals surface area contributed by atoms with E-state index >= 15 is 0 Å². The summed E-state index contributed by atoms with van der Waals surface area (Å²) in [7, 11) is 0. The molecule has 2 atom stereocenters. The highest BCUT2D eigenvalue weighted by Crippen LogP contribution is 2.20. The van der Waals surface area contributed by atoms with Crippen LogP contribution in [0.15, 0.2) is 78.9 Å². The number of hydrogen-bond acceptors (Lipinski definition) is 2. The number of nitrogens with zero attached hydrogens (tertiary/aromatic N) is 1. The van der Waals surface area contributed by atoms with E-state index in [0.29, 0.717) is 24.4 Å². The molecule has 0 aliphatic rings. The van der Waals surface area contributed by atoms with E-state index in [9.17, 15) is 9.59 Å². The maximum Gasteiger partial charge on any atom is 0.243 e. The zero-order valence-corrected chi connectivity index (χ0v) is 21.6. The predicted molar refractivity (Wildman–Crippen MR) is 143 cm³/mol. The molecule has 0 bridgehead atoms. The minimum absolute atomic E-state index is 0.0280. The summed E-state index contributed by atoms with van der Waals surface area (Å²) in [6.45, 7) is 6.43. The Bertz CT molecular complexity index is 1100. The van der Waals surface area contributed by atoms with Gasteiger partial charge in [-0.05, 0) is 49.4 Å². The summed E-state index contributed by atoms with van der Waals surface area (Å²) in [6, 6.07) is 25.0. The van der Waals surface area contributed by atoms with Gasteiger partial charge in [0.1, 0.15) is 6.04 Å². The van der Waals surface area contributed by atoms with Crippen molar-refractivity contribution >= 4 is 23.4 Å². The molecule has 0 aromatic heterocycles. The number of carbonyl (C=O) groups is 2. The minimum Gasteiger partial charge on any atom is -0.352 e. The molecular formula is C30H35ClN2O2. The molecule has 0 fully saturated rings. The van der Waals surface area contributed by atoms with Crippen LogP contribution in [-0.2, 0) is 29.0 Å². The van der Waals surface area contributed by atoms with Crippen LogP contribution in [0.25, 0.3) is 0 Å². The number of nitrogens with one attached hydrogen (secondary N) is 1. The van der Waals surface area contributed by atoms with Crippen LogP contribution in [0.4, 0.5) is 0 Å². The minimum atomic E-state index is -0.619. The van der Waals surface area contributed by atoms with Gasteiger partial charge in [0.25, 0.3) is 0 Å². The van der Waals surface area contributed by atoms with Crippen molar-refractivity contribution in [1.29, 1.82) is 0 Å². The summed E-state index contributed by atoms with van der Waals surface area (Å²) < 4.78 is 0. The molecule has 3 rings (SSSR count). The first-order valence-corrected chi connectivity index (χ1v) is 12.7. The lowest BCUT2D eigenvalue weighted by Crippen LogP contribution is -2.52. The Labute approximate surface area is 214 Å². The first-order valence-electron chi connectivity index (χ1n) is 12.3.